The van der Waals surface area contributed by atoms with Gasteiger partial charge in [-0.2, -0.15) is 0 Å². The third-order valence-corrected chi connectivity index (χ3v) is 4.31. The zero-order valence-corrected chi connectivity index (χ0v) is 17.0. The second kappa shape index (κ2) is 12.6. The summed E-state index contributed by atoms with van der Waals surface area (Å²) in [5.41, 5.74) is 1.20. The molecule has 1 aliphatic heterocycles. The second-order valence-electron chi connectivity index (χ2n) is 7.05. The molecule has 0 aromatic heterocycles. The molecule has 6 nitrogen and oxygen atoms in total. The SMILES string of the molecule is CCNC(=NCC(C)Oc1cccc(C)c1)NCCCOCC1CCOC1. The molecule has 0 amide bonds. The quantitative estimate of drug-likeness (QED) is 0.353. The van der Waals surface area contributed by atoms with E-state index in [-0.39, 0.29) is 6.10 Å². The topological polar surface area (TPSA) is 64.1 Å². The molecule has 152 valence electrons. The van der Waals surface area contributed by atoms with Gasteiger partial charge in [-0.3, -0.25) is 0 Å². The van der Waals surface area contributed by atoms with Gasteiger partial charge in [0.25, 0.3) is 0 Å². The van der Waals surface area contributed by atoms with Gasteiger partial charge in [0.15, 0.2) is 5.96 Å². The lowest BCUT2D eigenvalue weighted by Gasteiger charge is -2.15. The third-order valence-electron chi connectivity index (χ3n) is 4.31. The largest absolute Gasteiger partial charge is 0.489 e. The molecule has 1 heterocycles. The molecular weight excluding hydrogens is 342 g/mol. The van der Waals surface area contributed by atoms with Gasteiger partial charge in [-0.05, 0) is 51.3 Å². The Bertz CT molecular complexity index is 559. The number of aliphatic imine (C=N–C) groups is 1. The predicted molar refractivity (Wildman–Crippen MR) is 110 cm³/mol. The van der Waals surface area contributed by atoms with E-state index in [9.17, 15) is 0 Å². The highest BCUT2D eigenvalue weighted by Gasteiger charge is 2.15. The molecule has 2 unspecified atom stereocenters. The fraction of sp³-hybridized carbons (Fsp3) is 0.667. The number of hydrogen-bond acceptors (Lipinski definition) is 4. The summed E-state index contributed by atoms with van der Waals surface area (Å²) in [4.78, 5) is 4.62. The Kier molecular flexibility index (Phi) is 10.0. The molecule has 2 N–H and O–H groups in total. The Morgan fingerprint density at radius 2 is 2.26 bits per heavy atom. The molecule has 1 saturated heterocycles. The Balaban J connectivity index is 1.63. The van der Waals surface area contributed by atoms with E-state index in [2.05, 4.69) is 35.5 Å². The number of hydrogen-bond donors (Lipinski definition) is 2. The summed E-state index contributed by atoms with van der Waals surface area (Å²) in [5, 5.41) is 6.63. The number of aryl methyl sites for hydroxylation is 1. The first-order chi connectivity index (χ1) is 13.2. The lowest BCUT2D eigenvalue weighted by atomic mass is 10.1. The van der Waals surface area contributed by atoms with E-state index in [1.807, 2.05) is 25.1 Å². The lowest BCUT2D eigenvalue weighted by Crippen LogP contribution is -2.38. The lowest BCUT2D eigenvalue weighted by molar-refractivity contribution is 0.0888. The number of nitrogens with one attached hydrogen (secondary N) is 2. The van der Waals surface area contributed by atoms with Crippen molar-refractivity contribution in [2.75, 3.05) is 46.1 Å². The molecule has 2 rings (SSSR count). The number of guanidine groups is 1. The molecule has 27 heavy (non-hydrogen) atoms. The minimum absolute atomic E-state index is 0.0132. The van der Waals surface area contributed by atoms with Gasteiger partial charge in [0.1, 0.15) is 11.9 Å². The zero-order chi connectivity index (χ0) is 19.3. The number of rotatable bonds is 11. The van der Waals surface area contributed by atoms with Crippen molar-refractivity contribution in [3.8, 4) is 5.75 Å². The van der Waals surface area contributed by atoms with Crippen LogP contribution in [0.25, 0.3) is 0 Å². The van der Waals surface area contributed by atoms with Crippen LogP contribution in [0, 0.1) is 12.8 Å². The van der Waals surface area contributed by atoms with E-state index in [1.54, 1.807) is 0 Å². The van der Waals surface area contributed by atoms with E-state index in [0.717, 1.165) is 64.1 Å². The van der Waals surface area contributed by atoms with Gasteiger partial charge in [-0.25, -0.2) is 4.99 Å². The van der Waals surface area contributed by atoms with Gasteiger partial charge in [-0.15, -0.1) is 0 Å². The summed E-state index contributed by atoms with van der Waals surface area (Å²) in [6.07, 6.45) is 2.09. The highest BCUT2D eigenvalue weighted by atomic mass is 16.5. The average Bonchev–Trinajstić information content (AvgIpc) is 3.16. The van der Waals surface area contributed by atoms with Gasteiger partial charge in [0.2, 0.25) is 0 Å². The molecule has 0 radical (unpaired) electrons. The van der Waals surface area contributed by atoms with Crippen molar-refractivity contribution in [2.45, 2.75) is 39.7 Å². The van der Waals surface area contributed by atoms with Crippen LogP contribution in [0.3, 0.4) is 0 Å². The summed E-state index contributed by atoms with van der Waals surface area (Å²) in [7, 11) is 0. The number of ether oxygens (including phenoxy) is 3. The monoisotopic (exact) mass is 377 g/mol. The van der Waals surface area contributed by atoms with Gasteiger partial charge < -0.3 is 24.8 Å². The fourth-order valence-electron chi connectivity index (χ4n) is 2.87. The normalized spacial score (nSPS) is 18.3. The van der Waals surface area contributed by atoms with Crippen LogP contribution in [-0.2, 0) is 9.47 Å². The minimum Gasteiger partial charge on any atom is -0.489 e. The van der Waals surface area contributed by atoms with Crippen LogP contribution in [0.15, 0.2) is 29.3 Å². The van der Waals surface area contributed by atoms with Crippen molar-refractivity contribution in [3.63, 3.8) is 0 Å². The molecule has 0 saturated carbocycles. The van der Waals surface area contributed by atoms with Crippen LogP contribution in [0.1, 0.15) is 32.3 Å². The fourth-order valence-corrected chi connectivity index (χ4v) is 2.87. The van der Waals surface area contributed by atoms with Crippen LogP contribution >= 0.6 is 0 Å². The smallest absolute Gasteiger partial charge is 0.191 e. The molecule has 0 spiro atoms. The molecule has 0 aliphatic carbocycles. The molecule has 1 aromatic rings. The van der Waals surface area contributed by atoms with Crippen molar-refractivity contribution in [2.24, 2.45) is 10.9 Å². The van der Waals surface area contributed by atoms with Gasteiger partial charge in [-0.1, -0.05) is 12.1 Å². The maximum atomic E-state index is 5.94. The van der Waals surface area contributed by atoms with Crippen molar-refractivity contribution in [3.05, 3.63) is 29.8 Å². The maximum Gasteiger partial charge on any atom is 0.191 e. The van der Waals surface area contributed by atoms with Crippen molar-refractivity contribution in [1.29, 1.82) is 0 Å². The Morgan fingerprint density at radius 1 is 1.37 bits per heavy atom. The minimum atomic E-state index is 0.0132. The molecule has 2 atom stereocenters. The van der Waals surface area contributed by atoms with Crippen LogP contribution < -0.4 is 15.4 Å². The highest BCUT2D eigenvalue weighted by Crippen LogP contribution is 2.14. The predicted octanol–water partition coefficient (Wildman–Crippen LogP) is 2.76. The van der Waals surface area contributed by atoms with Crippen LogP contribution in [-0.4, -0.2) is 58.1 Å². The molecule has 6 heteroatoms. The zero-order valence-electron chi connectivity index (χ0n) is 17.0. The number of benzene rings is 1. The maximum absolute atomic E-state index is 5.94. The van der Waals surface area contributed by atoms with Crippen LogP contribution in [0.4, 0.5) is 0 Å². The molecule has 1 fully saturated rings. The summed E-state index contributed by atoms with van der Waals surface area (Å²) in [6, 6.07) is 8.10. The first-order valence-electron chi connectivity index (χ1n) is 10.1. The van der Waals surface area contributed by atoms with Crippen molar-refractivity contribution in [1.82, 2.24) is 10.6 Å². The van der Waals surface area contributed by atoms with Crippen molar-refractivity contribution < 1.29 is 14.2 Å². The van der Waals surface area contributed by atoms with Crippen molar-refractivity contribution >= 4 is 5.96 Å². The summed E-state index contributed by atoms with van der Waals surface area (Å²) in [5.74, 6) is 2.29. The van der Waals surface area contributed by atoms with Crippen LogP contribution in [0.5, 0.6) is 5.75 Å². The number of nitrogens with zero attached hydrogens (tertiary/aromatic N) is 1. The van der Waals surface area contributed by atoms with Gasteiger partial charge >= 0.3 is 0 Å². The third kappa shape index (κ3) is 9.11. The second-order valence-corrected chi connectivity index (χ2v) is 7.05. The van der Waals surface area contributed by atoms with Gasteiger partial charge in [0, 0.05) is 32.2 Å². The molecule has 1 aliphatic rings. The van der Waals surface area contributed by atoms with Crippen LogP contribution in [0.2, 0.25) is 0 Å². The molecular formula is C21H35N3O3. The van der Waals surface area contributed by atoms with E-state index < -0.39 is 0 Å². The summed E-state index contributed by atoms with van der Waals surface area (Å²) >= 11 is 0. The Labute approximate surface area is 163 Å². The highest BCUT2D eigenvalue weighted by molar-refractivity contribution is 5.79. The first kappa shape index (κ1) is 21.5. The average molecular weight is 378 g/mol. The Hall–Kier alpha value is -1.79. The van der Waals surface area contributed by atoms with E-state index in [1.165, 1.54) is 5.56 Å². The summed E-state index contributed by atoms with van der Waals surface area (Å²) < 4.78 is 17.0. The van der Waals surface area contributed by atoms with Gasteiger partial charge in [0.05, 0.1) is 19.8 Å². The molecule has 1 aromatic carbocycles. The van der Waals surface area contributed by atoms with E-state index in [0.29, 0.717) is 12.5 Å². The standard InChI is InChI=1S/C21H35N3O3/c1-4-22-21(23-10-6-11-25-15-19-9-12-26-16-19)24-14-18(3)27-20-8-5-7-17(2)13-20/h5,7-8,13,18-19H,4,6,9-12,14-16H2,1-3H3,(H2,22,23,24). The molecule has 0 bridgehead atoms. The van der Waals surface area contributed by atoms with E-state index in [4.69, 9.17) is 14.2 Å². The Morgan fingerprint density at radius 3 is 3.00 bits per heavy atom. The van der Waals surface area contributed by atoms with E-state index >= 15 is 0 Å². The summed E-state index contributed by atoms with van der Waals surface area (Å²) in [6.45, 7) is 11.7. The first-order valence-corrected chi connectivity index (χ1v) is 10.1.